The molecule has 2 N–H and O–H groups in total. The molecule has 2 rings (SSSR count). The monoisotopic (exact) mass is 297 g/mol. The summed E-state index contributed by atoms with van der Waals surface area (Å²) in [4.78, 5) is 37.8. The van der Waals surface area contributed by atoms with Crippen LogP contribution in [0.15, 0.2) is 0 Å². The second-order valence-electron chi connectivity index (χ2n) is 6.03. The van der Waals surface area contributed by atoms with E-state index in [1.807, 2.05) is 0 Å². The van der Waals surface area contributed by atoms with Gasteiger partial charge in [-0.15, -0.1) is 0 Å². The van der Waals surface area contributed by atoms with Crippen LogP contribution in [-0.2, 0) is 9.59 Å². The number of likely N-dealkylation sites (N-methyl/N-ethyl adjacent to an activating group) is 1. The van der Waals surface area contributed by atoms with Crippen molar-refractivity contribution in [1.29, 1.82) is 0 Å². The summed E-state index contributed by atoms with van der Waals surface area (Å²) in [6.07, 6.45) is 3.78. The third-order valence-corrected chi connectivity index (χ3v) is 3.90. The van der Waals surface area contributed by atoms with Gasteiger partial charge in [-0.25, -0.2) is 4.79 Å². The summed E-state index contributed by atoms with van der Waals surface area (Å²) in [6, 6.07) is 0.0898. The first-order chi connectivity index (χ1) is 9.95. The second-order valence-corrected chi connectivity index (χ2v) is 6.03. The number of hydrogen-bond acceptors (Lipinski definition) is 3. The molecule has 7 heteroatoms. The molecule has 1 aliphatic heterocycles. The van der Waals surface area contributed by atoms with E-state index >= 15 is 0 Å². The van der Waals surface area contributed by atoms with Gasteiger partial charge in [0.05, 0.1) is 0 Å². The Morgan fingerprint density at radius 1 is 1.29 bits per heavy atom. The van der Waals surface area contributed by atoms with Gasteiger partial charge in [-0.2, -0.15) is 0 Å². The maximum absolute atomic E-state index is 12.3. The Morgan fingerprint density at radius 2 is 2.00 bits per heavy atom. The fourth-order valence-corrected chi connectivity index (χ4v) is 2.68. The van der Waals surface area contributed by atoms with Crippen molar-refractivity contribution in [2.75, 3.05) is 26.7 Å². The molecule has 21 heavy (non-hydrogen) atoms. The summed E-state index contributed by atoms with van der Waals surface area (Å²) >= 11 is 0. The van der Waals surface area contributed by atoms with Gasteiger partial charge in [0, 0.05) is 32.6 Å². The summed E-state index contributed by atoms with van der Waals surface area (Å²) in [5, 5.41) is 11.7. The quantitative estimate of drug-likeness (QED) is 0.773. The zero-order chi connectivity index (χ0) is 15.4. The van der Waals surface area contributed by atoms with Crippen LogP contribution in [0.2, 0.25) is 0 Å². The molecule has 1 aliphatic carbocycles. The van der Waals surface area contributed by atoms with E-state index < -0.39 is 5.97 Å². The third kappa shape index (κ3) is 4.91. The minimum Gasteiger partial charge on any atom is -0.481 e. The first-order valence-electron chi connectivity index (χ1n) is 7.47. The SMILES string of the molecule is CN(CC(=O)NC1CC1)C(=O)N1CCCC(CC(=O)O)C1. The van der Waals surface area contributed by atoms with Crippen LogP contribution in [-0.4, -0.2) is 65.5 Å². The second kappa shape index (κ2) is 6.78. The van der Waals surface area contributed by atoms with Gasteiger partial charge in [0.25, 0.3) is 0 Å². The molecule has 1 saturated heterocycles. The van der Waals surface area contributed by atoms with Crippen molar-refractivity contribution in [3.05, 3.63) is 0 Å². The van der Waals surface area contributed by atoms with E-state index in [0.29, 0.717) is 13.1 Å². The van der Waals surface area contributed by atoms with E-state index in [1.165, 1.54) is 4.90 Å². The number of nitrogens with zero attached hydrogens (tertiary/aromatic N) is 2. The molecular weight excluding hydrogens is 274 g/mol. The molecular formula is C14H23N3O4. The van der Waals surface area contributed by atoms with E-state index in [4.69, 9.17) is 5.11 Å². The highest BCUT2D eigenvalue weighted by Crippen LogP contribution is 2.21. The van der Waals surface area contributed by atoms with Gasteiger partial charge in [-0.3, -0.25) is 9.59 Å². The molecule has 3 amide bonds. The van der Waals surface area contributed by atoms with Crippen LogP contribution in [0.1, 0.15) is 32.1 Å². The van der Waals surface area contributed by atoms with Crippen LogP contribution < -0.4 is 5.32 Å². The van der Waals surface area contributed by atoms with Crippen LogP contribution in [0.25, 0.3) is 0 Å². The topological polar surface area (TPSA) is 90.0 Å². The van der Waals surface area contributed by atoms with Crippen molar-refractivity contribution in [3.8, 4) is 0 Å². The summed E-state index contributed by atoms with van der Waals surface area (Å²) in [6.45, 7) is 1.14. The van der Waals surface area contributed by atoms with Crippen LogP contribution in [0, 0.1) is 5.92 Å². The summed E-state index contributed by atoms with van der Waals surface area (Å²) in [7, 11) is 1.61. The summed E-state index contributed by atoms with van der Waals surface area (Å²) in [5.41, 5.74) is 0. The third-order valence-electron chi connectivity index (χ3n) is 3.90. The Hall–Kier alpha value is -1.79. The molecule has 0 bridgehead atoms. The number of carbonyl (C=O) groups is 3. The molecule has 7 nitrogen and oxygen atoms in total. The number of carboxylic acids is 1. The van der Waals surface area contributed by atoms with Gasteiger partial charge in [0.1, 0.15) is 6.54 Å². The minimum atomic E-state index is -0.827. The van der Waals surface area contributed by atoms with Gasteiger partial charge >= 0.3 is 12.0 Å². The van der Waals surface area contributed by atoms with Gasteiger partial charge in [-0.05, 0) is 31.6 Å². The van der Waals surface area contributed by atoms with Crippen molar-refractivity contribution in [2.45, 2.75) is 38.1 Å². The average Bonchev–Trinajstić information content (AvgIpc) is 3.21. The lowest BCUT2D eigenvalue weighted by Crippen LogP contribution is -2.49. The highest BCUT2D eigenvalue weighted by atomic mass is 16.4. The highest BCUT2D eigenvalue weighted by Gasteiger charge is 2.29. The first-order valence-corrected chi connectivity index (χ1v) is 7.47. The largest absolute Gasteiger partial charge is 0.481 e. The Kier molecular flexibility index (Phi) is 5.03. The number of carboxylic acid groups (broad SMARTS) is 1. The van der Waals surface area contributed by atoms with Gasteiger partial charge in [0.15, 0.2) is 0 Å². The van der Waals surface area contributed by atoms with Crippen molar-refractivity contribution in [1.82, 2.24) is 15.1 Å². The van der Waals surface area contributed by atoms with E-state index in [-0.39, 0.29) is 36.9 Å². The molecule has 1 heterocycles. The van der Waals surface area contributed by atoms with Gasteiger partial charge in [-0.1, -0.05) is 0 Å². The van der Waals surface area contributed by atoms with E-state index in [2.05, 4.69) is 5.32 Å². The molecule has 1 saturated carbocycles. The van der Waals surface area contributed by atoms with E-state index in [9.17, 15) is 14.4 Å². The van der Waals surface area contributed by atoms with Crippen molar-refractivity contribution in [2.24, 2.45) is 5.92 Å². The molecule has 0 radical (unpaired) electrons. The van der Waals surface area contributed by atoms with Crippen LogP contribution >= 0.6 is 0 Å². The maximum atomic E-state index is 12.3. The molecule has 118 valence electrons. The van der Waals surface area contributed by atoms with Crippen molar-refractivity contribution < 1.29 is 19.5 Å². The first kappa shape index (κ1) is 15.6. The number of likely N-dealkylation sites (tertiary alicyclic amines) is 1. The lowest BCUT2D eigenvalue weighted by atomic mass is 9.95. The normalized spacial score (nSPS) is 21.8. The average molecular weight is 297 g/mol. The number of amides is 3. The Bertz CT molecular complexity index is 422. The number of aliphatic carboxylic acids is 1. The molecule has 2 aliphatic rings. The summed E-state index contributed by atoms with van der Waals surface area (Å²) < 4.78 is 0. The predicted octanol–water partition coefficient (Wildman–Crippen LogP) is 0.504. The molecule has 0 aromatic rings. The molecule has 2 fully saturated rings. The highest BCUT2D eigenvalue weighted by molar-refractivity contribution is 5.84. The number of urea groups is 1. The van der Waals surface area contributed by atoms with Gasteiger partial charge in [0.2, 0.25) is 5.91 Å². The lowest BCUT2D eigenvalue weighted by molar-refractivity contribution is -0.138. The fourth-order valence-electron chi connectivity index (χ4n) is 2.68. The molecule has 1 atom stereocenters. The number of carbonyl (C=O) groups excluding carboxylic acids is 2. The standard InChI is InChI=1S/C14H23N3O4/c1-16(9-12(18)15-11-4-5-11)14(21)17-6-2-3-10(8-17)7-13(19)20/h10-11H,2-9H2,1H3,(H,15,18)(H,19,20). The Morgan fingerprint density at radius 3 is 2.62 bits per heavy atom. The zero-order valence-corrected chi connectivity index (χ0v) is 12.4. The van der Waals surface area contributed by atoms with Crippen molar-refractivity contribution in [3.63, 3.8) is 0 Å². The summed E-state index contributed by atoms with van der Waals surface area (Å²) in [5.74, 6) is -0.951. The number of hydrogen-bond donors (Lipinski definition) is 2. The number of piperidine rings is 1. The molecule has 0 spiro atoms. The maximum Gasteiger partial charge on any atom is 0.320 e. The fraction of sp³-hybridized carbons (Fsp3) is 0.786. The number of nitrogens with one attached hydrogen (secondary N) is 1. The molecule has 0 aromatic carbocycles. The van der Waals surface area contributed by atoms with Crippen LogP contribution in [0.4, 0.5) is 4.79 Å². The van der Waals surface area contributed by atoms with E-state index in [0.717, 1.165) is 25.7 Å². The molecule has 0 aromatic heterocycles. The Labute approximate surface area is 124 Å². The molecule has 1 unspecified atom stereocenters. The predicted molar refractivity (Wildman–Crippen MR) is 75.7 cm³/mol. The Balaban J connectivity index is 1.79. The van der Waals surface area contributed by atoms with Crippen LogP contribution in [0.3, 0.4) is 0 Å². The zero-order valence-electron chi connectivity index (χ0n) is 12.4. The van der Waals surface area contributed by atoms with E-state index in [1.54, 1.807) is 11.9 Å². The smallest absolute Gasteiger partial charge is 0.320 e. The van der Waals surface area contributed by atoms with Crippen molar-refractivity contribution >= 4 is 17.9 Å². The lowest BCUT2D eigenvalue weighted by Gasteiger charge is -2.34. The van der Waals surface area contributed by atoms with Gasteiger partial charge < -0.3 is 20.2 Å². The minimum absolute atomic E-state index is 0.00823. The number of rotatable bonds is 5. The van der Waals surface area contributed by atoms with Crippen LogP contribution in [0.5, 0.6) is 0 Å².